The Kier molecular flexibility index (Phi) is 3.36. The summed E-state index contributed by atoms with van der Waals surface area (Å²) in [5.41, 5.74) is 0.472. The zero-order valence-corrected chi connectivity index (χ0v) is 10.1. The molecule has 0 atom stereocenters. The molecule has 6 heteroatoms. The summed E-state index contributed by atoms with van der Waals surface area (Å²) < 4.78 is 0. The summed E-state index contributed by atoms with van der Waals surface area (Å²) in [7, 11) is 0. The molecule has 0 aromatic heterocycles. The Morgan fingerprint density at radius 2 is 1.88 bits per heavy atom. The Morgan fingerprint density at radius 3 is 2.35 bits per heavy atom. The van der Waals surface area contributed by atoms with Crippen molar-refractivity contribution in [2.24, 2.45) is 0 Å². The SMILES string of the molecule is O=[N+]([O-])c1cc(Cl)c(N2C=CC=CC2)c(Cl)c1. The van der Waals surface area contributed by atoms with Crippen molar-refractivity contribution in [3.8, 4) is 0 Å². The number of hydrogen-bond donors (Lipinski definition) is 0. The molecule has 0 saturated carbocycles. The van der Waals surface area contributed by atoms with Crippen molar-refractivity contribution in [1.82, 2.24) is 0 Å². The molecule has 0 N–H and O–H groups in total. The number of allylic oxidation sites excluding steroid dienone is 2. The summed E-state index contributed by atoms with van der Waals surface area (Å²) in [5, 5.41) is 11.2. The molecule has 2 rings (SSSR count). The average molecular weight is 271 g/mol. The van der Waals surface area contributed by atoms with Crippen LogP contribution >= 0.6 is 23.2 Å². The molecule has 0 radical (unpaired) electrons. The van der Waals surface area contributed by atoms with Crippen molar-refractivity contribution in [3.05, 3.63) is 56.7 Å². The van der Waals surface area contributed by atoms with E-state index in [0.717, 1.165) is 0 Å². The first-order valence-electron chi connectivity index (χ1n) is 4.83. The number of rotatable bonds is 2. The molecule has 88 valence electrons. The number of anilines is 1. The lowest BCUT2D eigenvalue weighted by molar-refractivity contribution is -0.384. The summed E-state index contributed by atoms with van der Waals surface area (Å²) in [6, 6.07) is 2.60. The summed E-state index contributed by atoms with van der Waals surface area (Å²) in [4.78, 5) is 11.9. The van der Waals surface area contributed by atoms with Crippen LogP contribution in [0.5, 0.6) is 0 Å². The molecule has 4 nitrogen and oxygen atoms in total. The van der Waals surface area contributed by atoms with Crippen LogP contribution in [0.3, 0.4) is 0 Å². The molecular weight excluding hydrogens is 263 g/mol. The van der Waals surface area contributed by atoms with Gasteiger partial charge in [-0.3, -0.25) is 10.1 Å². The lowest BCUT2D eigenvalue weighted by atomic mass is 10.2. The number of nitro benzene ring substituents is 1. The fourth-order valence-corrected chi connectivity index (χ4v) is 2.26. The Bertz CT molecular complexity index is 503. The van der Waals surface area contributed by atoms with Crippen LogP contribution < -0.4 is 4.90 Å². The van der Waals surface area contributed by atoms with Crippen LogP contribution in [0, 0.1) is 10.1 Å². The number of nitro groups is 1. The second-order valence-electron chi connectivity index (χ2n) is 3.44. The van der Waals surface area contributed by atoms with Crippen LogP contribution in [0.25, 0.3) is 0 Å². The first-order valence-corrected chi connectivity index (χ1v) is 5.58. The molecule has 0 aliphatic carbocycles. The number of benzene rings is 1. The van der Waals surface area contributed by atoms with Crippen molar-refractivity contribution < 1.29 is 4.92 Å². The third kappa shape index (κ3) is 2.43. The highest BCUT2D eigenvalue weighted by atomic mass is 35.5. The van der Waals surface area contributed by atoms with Gasteiger partial charge in [0.2, 0.25) is 0 Å². The lowest BCUT2D eigenvalue weighted by Crippen LogP contribution is -2.18. The van der Waals surface area contributed by atoms with Gasteiger partial charge in [-0.25, -0.2) is 0 Å². The van der Waals surface area contributed by atoms with Gasteiger partial charge >= 0.3 is 0 Å². The van der Waals surface area contributed by atoms with E-state index in [9.17, 15) is 10.1 Å². The molecule has 1 aromatic rings. The maximum atomic E-state index is 10.6. The van der Waals surface area contributed by atoms with E-state index in [0.29, 0.717) is 12.2 Å². The van der Waals surface area contributed by atoms with Gasteiger partial charge in [0.25, 0.3) is 5.69 Å². The Balaban J connectivity index is 2.45. The van der Waals surface area contributed by atoms with E-state index in [2.05, 4.69) is 0 Å². The third-order valence-corrected chi connectivity index (χ3v) is 2.89. The molecule has 0 saturated heterocycles. The number of halogens is 2. The second-order valence-corrected chi connectivity index (χ2v) is 4.25. The van der Waals surface area contributed by atoms with Crippen LogP contribution in [-0.4, -0.2) is 11.5 Å². The molecule has 0 spiro atoms. The van der Waals surface area contributed by atoms with Gasteiger partial charge < -0.3 is 4.90 Å². The van der Waals surface area contributed by atoms with Crippen LogP contribution in [-0.2, 0) is 0 Å². The zero-order chi connectivity index (χ0) is 12.4. The van der Waals surface area contributed by atoms with Crippen LogP contribution in [0.2, 0.25) is 10.0 Å². The molecule has 1 heterocycles. The Labute approximate surface area is 108 Å². The van der Waals surface area contributed by atoms with Crippen LogP contribution in [0.4, 0.5) is 11.4 Å². The van der Waals surface area contributed by atoms with E-state index in [1.807, 2.05) is 29.3 Å². The summed E-state index contributed by atoms with van der Waals surface area (Å²) in [6.07, 6.45) is 7.51. The second kappa shape index (κ2) is 4.77. The van der Waals surface area contributed by atoms with Crippen LogP contribution in [0.1, 0.15) is 0 Å². The van der Waals surface area contributed by atoms with Gasteiger partial charge in [0.05, 0.1) is 20.7 Å². The smallest absolute Gasteiger partial charge is 0.272 e. The molecule has 0 unspecified atom stereocenters. The van der Waals surface area contributed by atoms with Crippen molar-refractivity contribution in [2.75, 3.05) is 11.4 Å². The standard InChI is InChI=1S/C11H8Cl2N2O2/c12-9-6-8(15(16)17)7-10(13)11(9)14-4-2-1-3-5-14/h1-4,6-7H,5H2. The monoisotopic (exact) mass is 270 g/mol. The van der Waals surface area contributed by atoms with E-state index in [-0.39, 0.29) is 15.7 Å². The minimum Gasteiger partial charge on any atom is -0.342 e. The van der Waals surface area contributed by atoms with E-state index < -0.39 is 4.92 Å². The van der Waals surface area contributed by atoms with E-state index in [1.54, 1.807) is 0 Å². The third-order valence-electron chi connectivity index (χ3n) is 2.31. The molecule has 1 aromatic carbocycles. The van der Waals surface area contributed by atoms with E-state index >= 15 is 0 Å². The predicted molar refractivity (Wildman–Crippen MR) is 68.7 cm³/mol. The van der Waals surface area contributed by atoms with Gasteiger partial charge in [0, 0.05) is 24.9 Å². The van der Waals surface area contributed by atoms with Gasteiger partial charge in [-0.05, 0) is 6.08 Å². The van der Waals surface area contributed by atoms with Crippen molar-refractivity contribution in [2.45, 2.75) is 0 Å². The molecular formula is C11H8Cl2N2O2. The van der Waals surface area contributed by atoms with Gasteiger partial charge in [-0.15, -0.1) is 0 Å². The first kappa shape index (κ1) is 12.0. The fraction of sp³-hybridized carbons (Fsp3) is 0.0909. The highest BCUT2D eigenvalue weighted by Gasteiger charge is 2.18. The first-order chi connectivity index (χ1) is 8.09. The topological polar surface area (TPSA) is 46.4 Å². The molecule has 0 amide bonds. The molecule has 17 heavy (non-hydrogen) atoms. The summed E-state index contributed by atoms with van der Waals surface area (Å²) >= 11 is 12.0. The number of non-ortho nitro benzene ring substituents is 1. The zero-order valence-electron chi connectivity index (χ0n) is 8.64. The Morgan fingerprint density at radius 1 is 1.24 bits per heavy atom. The van der Waals surface area contributed by atoms with Crippen molar-refractivity contribution >= 4 is 34.6 Å². The molecule has 0 fully saturated rings. The highest BCUT2D eigenvalue weighted by molar-refractivity contribution is 6.39. The average Bonchev–Trinajstić information content (AvgIpc) is 2.29. The van der Waals surface area contributed by atoms with Gasteiger partial charge in [0.15, 0.2) is 0 Å². The lowest BCUT2D eigenvalue weighted by Gasteiger charge is -2.22. The predicted octanol–water partition coefficient (Wildman–Crippen LogP) is 3.79. The quantitative estimate of drug-likeness (QED) is 0.607. The molecule has 0 bridgehead atoms. The fourth-order valence-electron chi connectivity index (χ4n) is 1.57. The molecule has 1 aliphatic heterocycles. The highest BCUT2D eigenvalue weighted by Crippen LogP contribution is 2.37. The van der Waals surface area contributed by atoms with Gasteiger partial charge in [-0.1, -0.05) is 35.4 Å². The largest absolute Gasteiger partial charge is 0.342 e. The minimum atomic E-state index is -0.520. The number of hydrogen-bond acceptors (Lipinski definition) is 3. The van der Waals surface area contributed by atoms with Crippen molar-refractivity contribution in [3.63, 3.8) is 0 Å². The van der Waals surface area contributed by atoms with Crippen molar-refractivity contribution in [1.29, 1.82) is 0 Å². The van der Waals surface area contributed by atoms with Crippen LogP contribution in [0.15, 0.2) is 36.6 Å². The maximum absolute atomic E-state index is 10.6. The minimum absolute atomic E-state index is 0.111. The van der Waals surface area contributed by atoms with E-state index in [4.69, 9.17) is 23.2 Å². The van der Waals surface area contributed by atoms with Gasteiger partial charge in [-0.2, -0.15) is 0 Å². The maximum Gasteiger partial charge on any atom is 0.272 e. The number of nitrogens with zero attached hydrogens (tertiary/aromatic N) is 2. The molecule has 1 aliphatic rings. The Hall–Kier alpha value is -1.52. The summed E-state index contributed by atoms with van der Waals surface area (Å²) in [5.74, 6) is 0. The van der Waals surface area contributed by atoms with E-state index in [1.165, 1.54) is 12.1 Å². The normalized spacial score (nSPS) is 14.1. The van der Waals surface area contributed by atoms with Gasteiger partial charge in [0.1, 0.15) is 0 Å². The summed E-state index contributed by atoms with van der Waals surface area (Å²) in [6.45, 7) is 0.633.